The standard InChI is InChI=1S/C39H43BrN2O7/c1-24-7-18-32-37(2,20-6-21-38(32,3)36(45)48-5)30(24)17-12-26-19-22-49-33(26)34(43)39(46)23-31(25-10-15-29(47-4)16-11-25)41-42(39)35(44)27-8-13-28(40)14-9-27/h8-11,13-16,19,22,32,46H,6-7,12,17-18,20-21,23H2,1-5H3/t32-,37-,38+,39?/m1/s1. The van der Waals surface area contributed by atoms with Gasteiger partial charge in [-0.05, 0) is 124 Å². The Kier molecular flexibility index (Phi) is 9.50. The number of hydrogen-bond acceptors (Lipinski definition) is 8. The minimum Gasteiger partial charge on any atom is -0.497 e. The number of nitrogens with zero attached hydrogens (tertiary/aromatic N) is 2. The number of fused-ring (bicyclic) bond motifs is 1. The zero-order valence-corrected chi connectivity index (χ0v) is 30.3. The number of ketones is 1. The first-order valence-corrected chi connectivity index (χ1v) is 17.6. The molecule has 0 saturated heterocycles. The summed E-state index contributed by atoms with van der Waals surface area (Å²) in [7, 11) is 3.04. The molecule has 2 heterocycles. The topological polar surface area (TPSA) is 119 Å². The highest BCUT2D eigenvalue weighted by Crippen LogP contribution is 2.60. The van der Waals surface area contributed by atoms with Crippen molar-refractivity contribution in [2.45, 2.75) is 77.9 Å². The second kappa shape index (κ2) is 13.4. The van der Waals surface area contributed by atoms with Crippen LogP contribution >= 0.6 is 15.9 Å². The Morgan fingerprint density at radius 2 is 1.73 bits per heavy atom. The first kappa shape index (κ1) is 34.8. The highest BCUT2D eigenvalue weighted by atomic mass is 79.9. The van der Waals surface area contributed by atoms with Crippen LogP contribution in [0.25, 0.3) is 0 Å². The van der Waals surface area contributed by atoms with Crippen LogP contribution in [0.2, 0.25) is 0 Å². The van der Waals surface area contributed by atoms with Crippen molar-refractivity contribution >= 4 is 39.3 Å². The van der Waals surface area contributed by atoms with Crippen molar-refractivity contribution < 1.29 is 33.4 Å². The molecule has 1 N–H and O–H groups in total. The highest BCUT2D eigenvalue weighted by molar-refractivity contribution is 9.10. The summed E-state index contributed by atoms with van der Waals surface area (Å²) in [6, 6.07) is 15.5. The van der Waals surface area contributed by atoms with Gasteiger partial charge in [0.1, 0.15) is 5.75 Å². The number of halogens is 1. The van der Waals surface area contributed by atoms with Gasteiger partial charge >= 0.3 is 5.97 Å². The SMILES string of the molecule is COC(=O)[C@@]1(C)CCC[C@]2(C)C(CCc3ccoc3C(=O)C3(O)CC(c4ccc(OC)cc4)=NN3C(=O)c3ccc(Br)cc3)=C(C)CC[C@@H]12. The maximum atomic E-state index is 14.4. The molecule has 258 valence electrons. The fraction of sp³-hybridized carbons (Fsp3) is 0.436. The van der Waals surface area contributed by atoms with E-state index in [1.54, 1.807) is 61.7 Å². The fourth-order valence-corrected chi connectivity index (χ4v) is 8.88. The number of Topliss-reactive ketones (excluding diaryl/α,β-unsaturated/α-hetero) is 1. The molecule has 0 bridgehead atoms. The lowest BCUT2D eigenvalue weighted by molar-refractivity contribution is -0.163. The van der Waals surface area contributed by atoms with Gasteiger partial charge in [-0.15, -0.1) is 0 Å². The van der Waals surface area contributed by atoms with Gasteiger partial charge in [0.25, 0.3) is 11.7 Å². The van der Waals surface area contributed by atoms with E-state index in [1.165, 1.54) is 24.5 Å². The number of hydrogen-bond donors (Lipinski definition) is 1. The zero-order valence-electron chi connectivity index (χ0n) is 28.7. The van der Waals surface area contributed by atoms with Crippen LogP contribution in [-0.2, 0) is 16.0 Å². The van der Waals surface area contributed by atoms with E-state index in [4.69, 9.17) is 13.9 Å². The molecule has 9 nitrogen and oxygen atoms in total. The number of rotatable bonds is 9. The van der Waals surface area contributed by atoms with E-state index in [9.17, 15) is 19.5 Å². The zero-order chi connectivity index (χ0) is 35.1. The van der Waals surface area contributed by atoms with Gasteiger partial charge < -0.3 is 19.0 Å². The lowest BCUT2D eigenvalue weighted by Crippen LogP contribution is -2.52. The lowest BCUT2D eigenvalue weighted by atomic mass is 9.49. The summed E-state index contributed by atoms with van der Waals surface area (Å²) in [5.41, 5.74) is 1.51. The summed E-state index contributed by atoms with van der Waals surface area (Å²) in [6.07, 6.45) is 6.93. The largest absolute Gasteiger partial charge is 0.497 e. The Bertz CT molecular complexity index is 1830. The molecule has 1 amide bonds. The summed E-state index contributed by atoms with van der Waals surface area (Å²) in [5, 5.41) is 17.6. The molecule has 49 heavy (non-hydrogen) atoms. The van der Waals surface area contributed by atoms with E-state index < -0.39 is 22.8 Å². The smallest absolute Gasteiger partial charge is 0.311 e. The third-order valence-corrected chi connectivity index (χ3v) is 11.8. The molecule has 4 atom stereocenters. The van der Waals surface area contributed by atoms with E-state index in [0.717, 1.165) is 41.6 Å². The van der Waals surface area contributed by atoms with Crippen LogP contribution in [0.15, 0.2) is 86.0 Å². The third kappa shape index (κ3) is 6.07. The van der Waals surface area contributed by atoms with Crippen molar-refractivity contribution in [3.8, 4) is 5.75 Å². The Balaban J connectivity index is 1.30. The normalized spacial score (nSPS) is 26.6. The average Bonchev–Trinajstić information content (AvgIpc) is 3.72. The second-order valence-electron chi connectivity index (χ2n) is 14.0. The summed E-state index contributed by atoms with van der Waals surface area (Å²) in [6.45, 7) is 6.51. The van der Waals surface area contributed by atoms with Crippen LogP contribution in [0.1, 0.15) is 97.8 Å². The van der Waals surface area contributed by atoms with E-state index in [-0.39, 0.29) is 35.0 Å². The molecule has 10 heteroatoms. The molecule has 2 aliphatic carbocycles. The Morgan fingerprint density at radius 3 is 2.41 bits per heavy atom. The molecule has 1 unspecified atom stereocenters. The van der Waals surface area contributed by atoms with Crippen molar-refractivity contribution in [2.24, 2.45) is 21.8 Å². The monoisotopic (exact) mass is 730 g/mol. The minimum atomic E-state index is -2.32. The van der Waals surface area contributed by atoms with E-state index in [0.29, 0.717) is 35.4 Å². The van der Waals surface area contributed by atoms with Gasteiger partial charge in [-0.2, -0.15) is 10.1 Å². The van der Waals surface area contributed by atoms with Gasteiger partial charge in [0.2, 0.25) is 5.72 Å². The van der Waals surface area contributed by atoms with Crippen LogP contribution in [0.4, 0.5) is 0 Å². The number of ether oxygens (including phenoxy) is 2. The Labute approximate surface area is 295 Å². The number of aliphatic hydroxyl groups is 1. The molecule has 2 aromatic carbocycles. The quantitative estimate of drug-likeness (QED) is 0.135. The van der Waals surface area contributed by atoms with Crippen molar-refractivity contribution in [3.05, 3.63) is 98.9 Å². The Morgan fingerprint density at radius 1 is 1.02 bits per heavy atom. The molecular formula is C39H43BrN2O7. The molecular weight excluding hydrogens is 688 g/mol. The van der Waals surface area contributed by atoms with E-state index in [2.05, 4.69) is 41.8 Å². The average molecular weight is 732 g/mol. The number of benzene rings is 2. The van der Waals surface area contributed by atoms with Gasteiger partial charge in [-0.25, -0.2) is 0 Å². The predicted molar refractivity (Wildman–Crippen MR) is 188 cm³/mol. The summed E-state index contributed by atoms with van der Waals surface area (Å²) in [4.78, 5) is 41.4. The maximum absolute atomic E-state index is 14.4. The first-order valence-electron chi connectivity index (χ1n) is 16.8. The van der Waals surface area contributed by atoms with E-state index in [1.807, 2.05) is 0 Å². The lowest BCUT2D eigenvalue weighted by Gasteiger charge is -2.54. The number of furan rings is 1. The van der Waals surface area contributed by atoms with Gasteiger partial charge in [0.05, 0.1) is 38.0 Å². The van der Waals surface area contributed by atoms with Gasteiger partial charge in [0.15, 0.2) is 5.76 Å². The number of aryl methyl sites for hydroxylation is 1. The Hall–Kier alpha value is -4.02. The molecule has 3 aliphatic rings. The van der Waals surface area contributed by atoms with Crippen molar-refractivity contribution in [2.75, 3.05) is 14.2 Å². The molecule has 1 saturated carbocycles. The highest BCUT2D eigenvalue weighted by Gasteiger charge is 2.56. The predicted octanol–water partition coefficient (Wildman–Crippen LogP) is 7.90. The summed E-state index contributed by atoms with van der Waals surface area (Å²) in [5.74, 6) is -0.707. The van der Waals surface area contributed by atoms with Crippen molar-refractivity contribution in [1.82, 2.24) is 5.01 Å². The summed E-state index contributed by atoms with van der Waals surface area (Å²) >= 11 is 3.39. The van der Waals surface area contributed by atoms with Gasteiger partial charge in [-0.3, -0.25) is 14.4 Å². The van der Waals surface area contributed by atoms with Crippen LogP contribution in [-0.4, -0.2) is 53.4 Å². The first-order chi connectivity index (χ1) is 23.4. The maximum Gasteiger partial charge on any atom is 0.311 e. The van der Waals surface area contributed by atoms with Gasteiger partial charge in [0, 0.05) is 15.6 Å². The summed E-state index contributed by atoms with van der Waals surface area (Å²) < 4.78 is 17.2. The number of carbonyl (C=O) groups is 3. The van der Waals surface area contributed by atoms with Crippen molar-refractivity contribution in [3.63, 3.8) is 0 Å². The van der Waals surface area contributed by atoms with E-state index >= 15 is 0 Å². The van der Waals surface area contributed by atoms with Gasteiger partial charge in [-0.1, -0.05) is 40.4 Å². The van der Waals surface area contributed by atoms with Crippen molar-refractivity contribution in [1.29, 1.82) is 0 Å². The number of methoxy groups -OCH3 is 2. The molecule has 1 aliphatic heterocycles. The van der Waals surface area contributed by atoms with Crippen LogP contribution in [0.3, 0.4) is 0 Å². The van der Waals surface area contributed by atoms with Crippen LogP contribution in [0, 0.1) is 16.7 Å². The number of amides is 1. The molecule has 6 rings (SSSR count). The number of carbonyl (C=O) groups excluding carboxylic acids is 3. The third-order valence-electron chi connectivity index (χ3n) is 11.2. The second-order valence-corrected chi connectivity index (χ2v) is 14.9. The van der Waals surface area contributed by atoms with Crippen LogP contribution in [0.5, 0.6) is 5.75 Å². The number of allylic oxidation sites excluding steroid dienone is 2. The minimum absolute atomic E-state index is 0.00101. The number of esters is 1. The van der Waals surface area contributed by atoms with Crippen LogP contribution < -0.4 is 4.74 Å². The molecule has 1 aromatic heterocycles. The molecule has 0 radical (unpaired) electrons. The molecule has 1 fully saturated rings. The number of hydrazone groups is 1. The molecule has 3 aromatic rings. The fourth-order valence-electron chi connectivity index (χ4n) is 8.62. The molecule has 0 spiro atoms.